The van der Waals surface area contributed by atoms with Crippen molar-refractivity contribution in [3.63, 3.8) is 0 Å². The second-order valence-corrected chi connectivity index (χ2v) is 5.43. The average molecular weight is 242 g/mol. The van der Waals surface area contributed by atoms with E-state index in [2.05, 4.69) is 30.4 Å². The molecule has 0 spiro atoms. The molecule has 0 bridgehead atoms. The number of aromatic nitrogens is 3. The van der Waals surface area contributed by atoms with E-state index in [9.17, 15) is 0 Å². The van der Waals surface area contributed by atoms with Crippen LogP contribution in [-0.4, -0.2) is 20.9 Å². The standard InChI is InChI=1S/C12H20ClN3/c1-9-3-4-12(7-10(9)2)16-8-11(5-6-13)14-15-16/h8-10,12H,3-7H2,1-2H3. The highest BCUT2D eigenvalue weighted by Gasteiger charge is 2.26. The zero-order valence-electron chi connectivity index (χ0n) is 10.1. The molecule has 1 aliphatic rings. The third-order valence-electron chi connectivity index (χ3n) is 3.85. The van der Waals surface area contributed by atoms with E-state index < -0.39 is 0 Å². The molecule has 0 aromatic carbocycles. The van der Waals surface area contributed by atoms with Gasteiger partial charge < -0.3 is 0 Å². The zero-order chi connectivity index (χ0) is 11.5. The van der Waals surface area contributed by atoms with Crippen molar-refractivity contribution in [3.05, 3.63) is 11.9 Å². The van der Waals surface area contributed by atoms with Crippen LogP contribution in [0.15, 0.2) is 6.20 Å². The topological polar surface area (TPSA) is 30.7 Å². The third kappa shape index (κ3) is 2.57. The molecule has 1 aromatic rings. The molecule has 4 heteroatoms. The Balaban J connectivity index is 2.01. The van der Waals surface area contributed by atoms with Gasteiger partial charge in [0.2, 0.25) is 0 Å². The molecule has 0 amide bonds. The summed E-state index contributed by atoms with van der Waals surface area (Å²) in [7, 11) is 0. The third-order valence-corrected chi connectivity index (χ3v) is 4.04. The predicted molar refractivity (Wildman–Crippen MR) is 65.7 cm³/mol. The minimum absolute atomic E-state index is 0.544. The predicted octanol–water partition coefficient (Wildman–Crippen LogP) is 3.06. The number of hydrogen-bond acceptors (Lipinski definition) is 2. The first-order valence-electron chi connectivity index (χ1n) is 6.17. The van der Waals surface area contributed by atoms with E-state index in [1.165, 1.54) is 19.3 Å². The minimum Gasteiger partial charge on any atom is -0.249 e. The molecule has 90 valence electrons. The Morgan fingerprint density at radius 3 is 2.88 bits per heavy atom. The monoisotopic (exact) mass is 241 g/mol. The van der Waals surface area contributed by atoms with Crippen LogP contribution >= 0.6 is 11.6 Å². The number of rotatable bonds is 3. The van der Waals surface area contributed by atoms with Gasteiger partial charge in [-0.1, -0.05) is 19.1 Å². The van der Waals surface area contributed by atoms with Crippen molar-refractivity contribution in [1.82, 2.24) is 15.0 Å². The molecule has 3 atom stereocenters. The van der Waals surface area contributed by atoms with Crippen LogP contribution in [0.5, 0.6) is 0 Å². The summed E-state index contributed by atoms with van der Waals surface area (Å²) in [5.41, 5.74) is 1.02. The smallest absolute Gasteiger partial charge is 0.0839 e. The lowest BCUT2D eigenvalue weighted by molar-refractivity contribution is 0.199. The van der Waals surface area contributed by atoms with Gasteiger partial charge in [-0.25, -0.2) is 4.68 Å². The highest BCUT2D eigenvalue weighted by Crippen LogP contribution is 2.35. The molecule has 0 aliphatic heterocycles. The van der Waals surface area contributed by atoms with Gasteiger partial charge in [-0.2, -0.15) is 0 Å². The first kappa shape index (κ1) is 11.9. The zero-order valence-corrected chi connectivity index (χ0v) is 10.8. The lowest BCUT2D eigenvalue weighted by Gasteiger charge is -2.31. The van der Waals surface area contributed by atoms with Crippen LogP contribution in [0.3, 0.4) is 0 Å². The molecule has 1 fully saturated rings. The van der Waals surface area contributed by atoms with Crippen LogP contribution < -0.4 is 0 Å². The summed E-state index contributed by atoms with van der Waals surface area (Å²) >= 11 is 5.70. The van der Waals surface area contributed by atoms with Gasteiger partial charge in [0.25, 0.3) is 0 Å². The lowest BCUT2D eigenvalue weighted by Crippen LogP contribution is -2.23. The Bertz CT molecular complexity index is 337. The van der Waals surface area contributed by atoms with Gasteiger partial charge in [0.1, 0.15) is 0 Å². The molecule has 1 aromatic heterocycles. The molecule has 1 heterocycles. The quantitative estimate of drug-likeness (QED) is 0.762. The molecular weight excluding hydrogens is 222 g/mol. The van der Waals surface area contributed by atoms with Crippen molar-refractivity contribution in [2.24, 2.45) is 11.8 Å². The molecule has 3 unspecified atom stereocenters. The summed E-state index contributed by atoms with van der Waals surface area (Å²) < 4.78 is 2.05. The SMILES string of the molecule is CC1CCC(n2cc(CCCl)nn2)CC1C. The molecule has 0 N–H and O–H groups in total. The van der Waals surface area contributed by atoms with Gasteiger partial charge in [-0.15, -0.1) is 16.7 Å². The van der Waals surface area contributed by atoms with Crippen molar-refractivity contribution in [1.29, 1.82) is 0 Å². The highest BCUT2D eigenvalue weighted by molar-refractivity contribution is 6.17. The summed E-state index contributed by atoms with van der Waals surface area (Å²) in [6, 6.07) is 0.544. The summed E-state index contributed by atoms with van der Waals surface area (Å²) in [6.07, 6.45) is 6.65. The largest absolute Gasteiger partial charge is 0.249 e. The number of halogens is 1. The molecule has 0 saturated heterocycles. The second-order valence-electron chi connectivity index (χ2n) is 5.05. The lowest BCUT2D eigenvalue weighted by atomic mass is 9.79. The fraction of sp³-hybridized carbons (Fsp3) is 0.833. The summed E-state index contributed by atoms with van der Waals surface area (Å²) in [4.78, 5) is 0. The van der Waals surface area contributed by atoms with Gasteiger partial charge in [0.05, 0.1) is 11.7 Å². The maximum atomic E-state index is 5.70. The van der Waals surface area contributed by atoms with Crippen molar-refractivity contribution >= 4 is 11.6 Å². The van der Waals surface area contributed by atoms with Crippen LogP contribution in [0.25, 0.3) is 0 Å². The Morgan fingerprint density at radius 1 is 1.38 bits per heavy atom. The Labute approximate surface area is 102 Å². The fourth-order valence-corrected chi connectivity index (χ4v) is 2.66. The van der Waals surface area contributed by atoms with Gasteiger partial charge in [0, 0.05) is 18.5 Å². The maximum Gasteiger partial charge on any atom is 0.0839 e. The number of nitrogens with zero attached hydrogens (tertiary/aromatic N) is 3. The van der Waals surface area contributed by atoms with Crippen molar-refractivity contribution in [2.45, 2.75) is 45.6 Å². The fourth-order valence-electron chi connectivity index (χ4n) is 2.46. The minimum atomic E-state index is 0.544. The van der Waals surface area contributed by atoms with Gasteiger partial charge in [-0.05, 0) is 31.1 Å². The summed E-state index contributed by atoms with van der Waals surface area (Å²) in [6.45, 7) is 4.69. The Kier molecular flexibility index (Phi) is 3.85. The first-order valence-corrected chi connectivity index (χ1v) is 6.71. The van der Waals surface area contributed by atoms with Crippen molar-refractivity contribution < 1.29 is 0 Å². The molecule has 1 aliphatic carbocycles. The number of hydrogen-bond donors (Lipinski definition) is 0. The van der Waals surface area contributed by atoms with Crippen LogP contribution in [0.2, 0.25) is 0 Å². The summed E-state index contributed by atoms with van der Waals surface area (Å²) in [5.74, 6) is 2.26. The van der Waals surface area contributed by atoms with Crippen molar-refractivity contribution in [2.75, 3.05) is 5.88 Å². The maximum absolute atomic E-state index is 5.70. The van der Waals surface area contributed by atoms with Crippen LogP contribution in [0, 0.1) is 11.8 Å². The van der Waals surface area contributed by atoms with E-state index in [4.69, 9.17) is 11.6 Å². The number of aryl methyl sites for hydroxylation is 1. The highest BCUT2D eigenvalue weighted by atomic mass is 35.5. The van der Waals surface area contributed by atoms with Gasteiger partial charge >= 0.3 is 0 Å². The Hall–Kier alpha value is -0.570. The van der Waals surface area contributed by atoms with E-state index >= 15 is 0 Å². The summed E-state index contributed by atoms with van der Waals surface area (Å²) in [5, 5.41) is 8.38. The van der Waals surface area contributed by atoms with E-state index in [0.29, 0.717) is 11.9 Å². The molecular formula is C12H20ClN3. The Morgan fingerprint density at radius 2 is 2.19 bits per heavy atom. The second kappa shape index (κ2) is 5.17. The number of alkyl halides is 1. The first-order chi connectivity index (χ1) is 7.70. The molecule has 0 radical (unpaired) electrons. The molecule has 1 saturated carbocycles. The van der Waals surface area contributed by atoms with Gasteiger partial charge in [-0.3, -0.25) is 0 Å². The van der Waals surface area contributed by atoms with Crippen LogP contribution in [-0.2, 0) is 6.42 Å². The van der Waals surface area contributed by atoms with E-state index in [-0.39, 0.29) is 0 Å². The molecule has 16 heavy (non-hydrogen) atoms. The van der Waals surface area contributed by atoms with Crippen LogP contribution in [0.4, 0.5) is 0 Å². The van der Waals surface area contributed by atoms with Crippen LogP contribution in [0.1, 0.15) is 44.8 Å². The van der Waals surface area contributed by atoms with E-state index in [0.717, 1.165) is 24.0 Å². The average Bonchev–Trinajstić information content (AvgIpc) is 2.71. The molecule has 2 rings (SSSR count). The van der Waals surface area contributed by atoms with E-state index in [1.54, 1.807) is 0 Å². The normalized spacial score (nSPS) is 30.6. The van der Waals surface area contributed by atoms with Crippen molar-refractivity contribution in [3.8, 4) is 0 Å². The van der Waals surface area contributed by atoms with E-state index in [1.807, 2.05) is 4.68 Å². The van der Waals surface area contributed by atoms with Gasteiger partial charge in [0.15, 0.2) is 0 Å². The molecule has 3 nitrogen and oxygen atoms in total.